The molecule has 1 aromatic rings. The van der Waals surface area contributed by atoms with Crippen LogP contribution >= 0.6 is 0 Å². The lowest BCUT2D eigenvalue weighted by molar-refractivity contribution is -0.136. The van der Waals surface area contributed by atoms with Crippen LogP contribution in [-0.2, 0) is 14.4 Å². The first-order valence-electron chi connectivity index (χ1n) is 11.5. The first-order chi connectivity index (χ1) is 16.3. The van der Waals surface area contributed by atoms with Crippen LogP contribution in [0.5, 0.6) is 0 Å². The number of amides is 5. The SMILES string of the molecule is CN(CC#N)C(=O)CCCCCCCNc1cccc2c1C(=O)N(C1CCC(=O)NC1=O)C2=O. The van der Waals surface area contributed by atoms with Crippen LogP contribution in [0.1, 0.15) is 72.1 Å². The Hall–Kier alpha value is -3.74. The number of hydrogen-bond donors (Lipinski definition) is 2. The van der Waals surface area contributed by atoms with E-state index in [1.54, 1.807) is 25.2 Å². The van der Waals surface area contributed by atoms with Gasteiger partial charge in [0.2, 0.25) is 17.7 Å². The van der Waals surface area contributed by atoms with E-state index in [0.717, 1.165) is 37.0 Å². The molecule has 0 radical (unpaired) electrons. The van der Waals surface area contributed by atoms with Crippen molar-refractivity contribution in [2.45, 2.75) is 57.4 Å². The van der Waals surface area contributed by atoms with E-state index in [1.165, 1.54) is 4.90 Å². The fourth-order valence-corrected chi connectivity index (χ4v) is 4.20. The Balaban J connectivity index is 1.46. The molecular weight excluding hydrogens is 438 g/mol. The molecular formula is C24H29N5O5. The fraction of sp³-hybridized carbons (Fsp3) is 0.500. The quantitative estimate of drug-likeness (QED) is 0.287. The molecule has 3 rings (SSSR count). The van der Waals surface area contributed by atoms with Crippen molar-refractivity contribution in [1.29, 1.82) is 5.26 Å². The van der Waals surface area contributed by atoms with Gasteiger partial charge < -0.3 is 10.2 Å². The summed E-state index contributed by atoms with van der Waals surface area (Å²) in [7, 11) is 1.62. The molecule has 5 amide bonds. The predicted octanol–water partition coefficient (Wildman–Crippen LogP) is 1.82. The molecule has 2 aliphatic heterocycles. The third-order valence-corrected chi connectivity index (χ3v) is 6.08. The monoisotopic (exact) mass is 467 g/mol. The van der Waals surface area contributed by atoms with Crippen LogP contribution in [0.2, 0.25) is 0 Å². The Morgan fingerprint density at radius 1 is 1.15 bits per heavy atom. The normalized spacial score (nSPS) is 17.3. The average Bonchev–Trinajstić information content (AvgIpc) is 3.06. The zero-order chi connectivity index (χ0) is 24.7. The molecule has 1 atom stereocenters. The Morgan fingerprint density at radius 3 is 2.62 bits per heavy atom. The van der Waals surface area contributed by atoms with Crippen LogP contribution in [0.25, 0.3) is 0 Å². The first kappa shape index (κ1) is 24.9. The lowest BCUT2D eigenvalue weighted by Gasteiger charge is -2.27. The molecule has 2 heterocycles. The van der Waals surface area contributed by atoms with Crippen molar-refractivity contribution < 1.29 is 24.0 Å². The molecule has 1 unspecified atom stereocenters. The minimum atomic E-state index is -0.982. The largest absolute Gasteiger partial charge is 0.384 e. The van der Waals surface area contributed by atoms with Gasteiger partial charge in [-0.25, -0.2) is 0 Å². The summed E-state index contributed by atoms with van der Waals surface area (Å²) in [6, 6.07) is 5.98. The summed E-state index contributed by atoms with van der Waals surface area (Å²) in [5, 5.41) is 14.0. The molecule has 10 heteroatoms. The van der Waals surface area contributed by atoms with Gasteiger partial charge in [-0.05, 0) is 31.4 Å². The summed E-state index contributed by atoms with van der Waals surface area (Å²) in [5.41, 5.74) is 1.07. The van der Waals surface area contributed by atoms with Gasteiger partial charge in [-0.3, -0.25) is 34.2 Å². The third kappa shape index (κ3) is 5.60. The topological polar surface area (TPSA) is 140 Å². The Kier molecular flexibility index (Phi) is 8.35. The third-order valence-electron chi connectivity index (χ3n) is 6.08. The van der Waals surface area contributed by atoms with Gasteiger partial charge in [0, 0.05) is 32.1 Å². The highest BCUT2D eigenvalue weighted by molar-refractivity contribution is 6.25. The molecule has 34 heavy (non-hydrogen) atoms. The number of imide groups is 2. The molecule has 0 aliphatic carbocycles. The molecule has 10 nitrogen and oxygen atoms in total. The highest BCUT2D eigenvalue weighted by atomic mass is 16.2. The van der Waals surface area contributed by atoms with E-state index in [9.17, 15) is 24.0 Å². The van der Waals surface area contributed by atoms with Gasteiger partial charge in [0.15, 0.2) is 0 Å². The summed E-state index contributed by atoms with van der Waals surface area (Å²) >= 11 is 0. The van der Waals surface area contributed by atoms with Crippen LogP contribution < -0.4 is 10.6 Å². The van der Waals surface area contributed by atoms with E-state index in [-0.39, 0.29) is 36.4 Å². The molecule has 1 fully saturated rings. The van der Waals surface area contributed by atoms with Crippen molar-refractivity contribution in [1.82, 2.24) is 15.1 Å². The molecule has 0 saturated carbocycles. The molecule has 1 saturated heterocycles. The van der Waals surface area contributed by atoms with Gasteiger partial charge in [-0.1, -0.05) is 25.3 Å². The number of fused-ring (bicyclic) bond motifs is 1. The van der Waals surface area contributed by atoms with Crippen LogP contribution in [0.3, 0.4) is 0 Å². The summed E-state index contributed by atoms with van der Waals surface area (Å²) in [5.74, 6) is -2.10. The fourth-order valence-electron chi connectivity index (χ4n) is 4.20. The predicted molar refractivity (Wildman–Crippen MR) is 123 cm³/mol. The Labute approximate surface area is 198 Å². The molecule has 180 valence electrons. The van der Waals surface area contributed by atoms with E-state index in [2.05, 4.69) is 10.6 Å². The Bertz CT molecular complexity index is 1030. The molecule has 1 aromatic carbocycles. The first-order valence-corrected chi connectivity index (χ1v) is 11.5. The summed E-state index contributed by atoms with van der Waals surface area (Å²) in [6.07, 6.45) is 5.10. The van der Waals surface area contributed by atoms with Crippen molar-refractivity contribution in [2.24, 2.45) is 0 Å². The minimum Gasteiger partial charge on any atom is -0.384 e. The second kappa shape index (κ2) is 11.4. The number of piperidine rings is 1. The number of carbonyl (C=O) groups excluding carboxylic acids is 5. The maximum Gasteiger partial charge on any atom is 0.264 e. The van der Waals surface area contributed by atoms with Gasteiger partial charge in [0.1, 0.15) is 12.6 Å². The molecule has 0 bridgehead atoms. The zero-order valence-corrected chi connectivity index (χ0v) is 19.3. The van der Waals surface area contributed by atoms with Crippen LogP contribution in [0, 0.1) is 11.3 Å². The van der Waals surface area contributed by atoms with E-state index < -0.39 is 29.7 Å². The highest BCUT2D eigenvalue weighted by Crippen LogP contribution is 2.32. The van der Waals surface area contributed by atoms with Crippen LogP contribution in [-0.4, -0.2) is 65.5 Å². The van der Waals surface area contributed by atoms with Gasteiger partial charge in [-0.15, -0.1) is 0 Å². The number of nitriles is 1. The molecule has 2 N–H and O–H groups in total. The van der Waals surface area contributed by atoms with E-state index >= 15 is 0 Å². The standard InChI is InChI=1S/C24H29N5O5/c1-28(15-13-25)20(31)10-5-3-2-4-6-14-26-17-9-7-8-16-21(17)24(34)29(23(16)33)18-11-12-19(30)27-22(18)32/h7-9,18,26H,2-6,10-12,14-15H2,1H3,(H,27,30,32). The van der Waals surface area contributed by atoms with Crippen LogP contribution in [0.15, 0.2) is 18.2 Å². The molecule has 2 aliphatic rings. The Morgan fingerprint density at radius 2 is 1.88 bits per heavy atom. The average molecular weight is 468 g/mol. The second-order valence-corrected chi connectivity index (χ2v) is 8.53. The maximum atomic E-state index is 13.1. The number of anilines is 1. The van der Waals surface area contributed by atoms with Crippen molar-refractivity contribution >= 4 is 35.2 Å². The highest BCUT2D eigenvalue weighted by Gasteiger charge is 2.45. The number of rotatable bonds is 11. The maximum absolute atomic E-state index is 13.1. The smallest absolute Gasteiger partial charge is 0.264 e. The molecule has 0 aromatic heterocycles. The summed E-state index contributed by atoms with van der Waals surface area (Å²) in [4.78, 5) is 63.7. The lowest BCUT2D eigenvalue weighted by atomic mass is 10.0. The van der Waals surface area contributed by atoms with Crippen molar-refractivity contribution in [3.8, 4) is 6.07 Å². The van der Waals surface area contributed by atoms with Gasteiger partial charge in [0.25, 0.3) is 11.8 Å². The number of carbonyl (C=O) groups is 5. The van der Waals surface area contributed by atoms with E-state index in [1.807, 2.05) is 6.07 Å². The molecule has 0 spiro atoms. The van der Waals surface area contributed by atoms with Gasteiger partial charge >= 0.3 is 0 Å². The lowest BCUT2D eigenvalue weighted by Crippen LogP contribution is -2.54. The number of benzene rings is 1. The van der Waals surface area contributed by atoms with E-state index in [0.29, 0.717) is 18.7 Å². The van der Waals surface area contributed by atoms with Gasteiger partial charge in [-0.2, -0.15) is 5.26 Å². The minimum absolute atomic E-state index is 0.0216. The van der Waals surface area contributed by atoms with Crippen LogP contribution in [0.4, 0.5) is 5.69 Å². The van der Waals surface area contributed by atoms with Crippen molar-refractivity contribution in [2.75, 3.05) is 25.5 Å². The number of nitrogens with one attached hydrogen (secondary N) is 2. The number of nitrogens with zero attached hydrogens (tertiary/aromatic N) is 3. The number of hydrogen-bond acceptors (Lipinski definition) is 7. The second-order valence-electron chi connectivity index (χ2n) is 8.53. The van der Waals surface area contributed by atoms with E-state index in [4.69, 9.17) is 5.26 Å². The van der Waals surface area contributed by atoms with Crippen molar-refractivity contribution in [3.63, 3.8) is 0 Å². The summed E-state index contributed by atoms with van der Waals surface area (Å²) < 4.78 is 0. The number of unbranched alkanes of at least 4 members (excludes halogenated alkanes) is 4. The van der Waals surface area contributed by atoms with Crippen molar-refractivity contribution in [3.05, 3.63) is 29.3 Å². The van der Waals surface area contributed by atoms with Gasteiger partial charge in [0.05, 0.1) is 17.2 Å². The summed E-state index contributed by atoms with van der Waals surface area (Å²) in [6.45, 7) is 0.716. The zero-order valence-electron chi connectivity index (χ0n) is 19.3.